The normalized spacial score (nSPS) is 14.0. The minimum Gasteiger partial charge on any atom is -0.462 e. The Balaban J connectivity index is 5.25. The van der Waals surface area contributed by atoms with Gasteiger partial charge in [-0.25, -0.2) is 9.13 Å². The second-order valence-corrected chi connectivity index (χ2v) is 31.6. The van der Waals surface area contributed by atoms with Crippen molar-refractivity contribution in [2.24, 2.45) is 11.8 Å². The van der Waals surface area contributed by atoms with Gasteiger partial charge in [0.25, 0.3) is 0 Å². The Labute approximate surface area is 588 Å². The maximum atomic E-state index is 13.1. The number of phosphoric ester groups is 2. The molecular weight excluding hydrogens is 1260 g/mol. The van der Waals surface area contributed by atoms with Gasteiger partial charge in [0.1, 0.15) is 19.3 Å². The van der Waals surface area contributed by atoms with E-state index in [0.29, 0.717) is 25.7 Å². The van der Waals surface area contributed by atoms with Crippen LogP contribution in [0.5, 0.6) is 0 Å². The van der Waals surface area contributed by atoms with Crippen LogP contribution in [0, 0.1) is 11.8 Å². The van der Waals surface area contributed by atoms with Crippen LogP contribution in [0.4, 0.5) is 0 Å². The third-order valence-electron chi connectivity index (χ3n) is 18.0. The van der Waals surface area contributed by atoms with E-state index in [2.05, 4.69) is 41.5 Å². The van der Waals surface area contributed by atoms with Crippen LogP contribution in [0.2, 0.25) is 0 Å². The molecule has 3 N–H and O–H groups in total. The molecule has 0 amide bonds. The molecule has 0 radical (unpaired) electrons. The molecule has 0 heterocycles. The van der Waals surface area contributed by atoms with Crippen LogP contribution in [-0.4, -0.2) is 96.7 Å². The van der Waals surface area contributed by atoms with Crippen LogP contribution in [0.15, 0.2) is 0 Å². The fourth-order valence-corrected chi connectivity index (χ4v) is 13.4. The van der Waals surface area contributed by atoms with Crippen LogP contribution >= 0.6 is 15.6 Å². The number of ether oxygens (including phenoxy) is 4. The molecule has 19 heteroatoms. The van der Waals surface area contributed by atoms with Crippen molar-refractivity contribution in [2.45, 2.75) is 419 Å². The minimum atomic E-state index is -4.96. The van der Waals surface area contributed by atoms with Gasteiger partial charge in [-0.15, -0.1) is 0 Å². The highest BCUT2D eigenvalue weighted by atomic mass is 31.2. The molecule has 0 rings (SSSR count). The van der Waals surface area contributed by atoms with Crippen molar-refractivity contribution in [3.63, 3.8) is 0 Å². The van der Waals surface area contributed by atoms with Crippen molar-refractivity contribution in [3.8, 4) is 0 Å². The Morgan fingerprint density at radius 1 is 0.281 bits per heavy atom. The first-order valence-corrected chi connectivity index (χ1v) is 43.0. The second-order valence-electron chi connectivity index (χ2n) is 28.7. The maximum Gasteiger partial charge on any atom is 0.472 e. The molecule has 0 saturated heterocycles. The SMILES string of the molecule is CCCCCCCCCCCCCCCC(=O)O[C@H](COC(=O)CCCCCCCCCCCCC)COP(=O)(O)OC[C@H](O)COP(=O)(O)OC[C@@H](COC(=O)CCCCCCCCCCCCCC(C)C)OC(=O)CCCCCCCCCCCCCCCCCC(C)C. The Morgan fingerprint density at radius 2 is 0.479 bits per heavy atom. The lowest BCUT2D eigenvalue weighted by Crippen LogP contribution is -2.30. The van der Waals surface area contributed by atoms with Crippen molar-refractivity contribution >= 4 is 39.5 Å². The highest BCUT2D eigenvalue weighted by Gasteiger charge is 2.30. The molecule has 0 aromatic heterocycles. The summed E-state index contributed by atoms with van der Waals surface area (Å²) in [7, 11) is -9.91. The van der Waals surface area contributed by atoms with Crippen LogP contribution in [0.1, 0.15) is 401 Å². The summed E-state index contributed by atoms with van der Waals surface area (Å²) in [5.74, 6) is -0.538. The first-order chi connectivity index (χ1) is 46.4. The quantitative estimate of drug-likeness (QED) is 0.0222. The molecule has 17 nitrogen and oxygen atoms in total. The largest absolute Gasteiger partial charge is 0.472 e. The van der Waals surface area contributed by atoms with Gasteiger partial charge < -0.3 is 33.8 Å². The molecule has 0 aliphatic carbocycles. The summed E-state index contributed by atoms with van der Waals surface area (Å²) in [5.41, 5.74) is 0. The lowest BCUT2D eigenvalue weighted by Gasteiger charge is -2.21. The summed E-state index contributed by atoms with van der Waals surface area (Å²) in [4.78, 5) is 72.9. The minimum absolute atomic E-state index is 0.108. The average Bonchev–Trinajstić information content (AvgIpc) is 1.53. The molecule has 2 unspecified atom stereocenters. The number of hydrogen-bond donors (Lipinski definition) is 3. The van der Waals surface area contributed by atoms with E-state index in [1.54, 1.807) is 0 Å². The molecule has 0 aromatic carbocycles. The summed E-state index contributed by atoms with van der Waals surface area (Å²) in [6, 6.07) is 0. The standard InChI is InChI=1S/C77H150O17P2/c1-7-9-11-13-15-17-19-23-30-37-43-49-55-61-76(81)93-72(65-87-74(79)59-53-47-41-35-27-18-16-14-12-10-8-2)67-91-95(83,84)89-63-71(78)64-90-96(85,86)92-68-73(66-88-75(80)60-54-48-42-36-32-26-29-34-40-46-52-58-70(5)6)94-77(82)62-56-50-44-38-31-25-22-20-21-24-28-33-39-45-51-57-69(3)4/h69-73,78H,7-68H2,1-6H3,(H,83,84)(H,85,86)/t71-,72+,73+/m0/s1. The zero-order chi connectivity index (χ0) is 70.7. The van der Waals surface area contributed by atoms with Crippen LogP contribution in [-0.2, 0) is 65.4 Å². The highest BCUT2D eigenvalue weighted by molar-refractivity contribution is 7.47. The number of phosphoric acid groups is 2. The summed E-state index contributed by atoms with van der Waals surface area (Å²) in [6.07, 6.45) is 56.7. The molecule has 0 bridgehead atoms. The van der Waals surface area contributed by atoms with Gasteiger partial charge in [0.15, 0.2) is 12.2 Å². The summed E-state index contributed by atoms with van der Waals surface area (Å²) in [5, 5.41) is 10.6. The van der Waals surface area contributed by atoms with E-state index in [-0.39, 0.29) is 25.7 Å². The average molecular weight is 1410 g/mol. The third-order valence-corrected chi connectivity index (χ3v) is 19.9. The Bertz CT molecular complexity index is 1860. The molecule has 0 spiro atoms. The van der Waals surface area contributed by atoms with E-state index in [1.165, 1.54) is 218 Å². The third kappa shape index (κ3) is 70.5. The van der Waals surface area contributed by atoms with E-state index in [9.17, 15) is 43.2 Å². The van der Waals surface area contributed by atoms with Gasteiger partial charge in [0, 0.05) is 25.7 Å². The van der Waals surface area contributed by atoms with Gasteiger partial charge >= 0.3 is 39.5 Å². The Kier molecular flexibility index (Phi) is 67.4. The summed E-state index contributed by atoms with van der Waals surface area (Å²) >= 11 is 0. The monoisotopic (exact) mass is 1410 g/mol. The zero-order valence-corrected chi connectivity index (χ0v) is 64.5. The van der Waals surface area contributed by atoms with Gasteiger partial charge in [-0.05, 0) is 37.5 Å². The fraction of sp³-hybridized carbons (Fsp3) is 0.948. The first kappa shape index (κ1) is 94.1. The highest BCUT2D eigenvalue weighted by Crippen LogP contribution is 2.45. The van der Waals surface area contributed by atoms with Gasteiger partial charge in [-0.3, -0.25) is 37.3 Å². The molecule has 5 atom stereocenters. The van der Waals surface area contributed by atoms with Crippen LogP contribution < -0.4 is 0 Å². The fourth-order valence-electron chi connectivity index (χ4n) is 11.8. The zero-order valence-electron chi connectivity index (χ0n) is 62.7. The smallest absolute Gasteiger partial charge is 0.462 e. The molecule has 570 valence electrons. The van der Waals surface area contributed by atoms with Crippen molar-refractivity contribution in [1.29, 1.82) is 0 Å². The number of carbonyl (C=O) groups excluding carboxylic acids is 4. The molecule has 0 fully saturated rings. The predicted molar refractivity (Wildman–Crippen MR) is 391 cm³/mol. The molecular formula is C77H150O17P2. The second kappa shape index (κ2) is 68.8. The van der Waals surface area contributed by atoms with Crippen molar-refractivity contribution in [3.05, 3.63) is 0 Å². The number of rotatable bonds is 76. The number of carbonyl (C=O) groups is 4. The number of aliphatic hydroxyl groups excluding tert-OH is 1. The molecule has 0 aromatic rings. The molecule has 0 aliphatic heterocycles. The number of unbranched alkanes of at least 4 members (excludes halogenated alkanes) is 46. The maximum absolute atomic E-state index is 13.1. The van der Waals surface area contributed by atoms with E-state index in [4.69, 9.17) is 37.0 Å². The van der Waals surface area contributed by atoms with Crippen molar-refractivity contribution in [2.75, 3.05) is 39.6 Å². The predicted octanol–water partition coefficient (Wildman–Crippen LogP) is 22.7. The van der Waals surface area contributed by atoms with Gasteiger partial charge in [0.2, 0.25) is 0 Å². The Morgan fingerprint density at radius 3 is 0.708 bits per heavy atom. The molecule has 0 aliphatic rings. The van der Waals surface area contributed by atoms with E-state index in [1.807, 2.05) is 0 Å². The topological polar surface area (TPSA) is 237 Å². The van der Waals surface area contributed by atoms with Gasteiger partial charge in [-0.1, -0.05) is 350 Å². The Hall–Kier alpha value is -1.94. The lowest BCUT2D eigenvalue weighted by molar-refractivity contribution is -0.161. The van der Waals surface area contributed by atoms with Crippen molar-refractivity contribution < 1.29 is 80.2 Å². The van der Waals surface area contributed by atoms with Gasteiger partial charge in [0.05, 0.1) is 26.4 Å². The van der Waals surface area contributed by atoms with E-state index in [0.717, 1.165) is 102 Å². The number of hydrogen-bond acceptors (Lipinski definition) is 15. The molecule has 0 saturated carbocycles. The van der Waals surface area contributed by atoms with Crippen molar-refractivity contribution in [1.82, 2.24) is 0 Å². The lowest BCUT2D eigenvalue weighted by atomic mass is 10.0. The summed E-state index contributed by atoms with van der Waals surface area (Å²) in [6.45, 7) is 9.64. The van der Waals surface area contributed by atoms with Gasteiger partial charge in [-0.2, -0.15) is 0 Å². The molecule has 96 heavy (non-hydrogen) atoms. The first-order valence-electron chi connectivity index (χ1n) is 40.0. The number of aliphatic hydroxyl groups is 1. The van der Waals surface area contributed by atoms with E-state index < -0.39 is 97.5 Å². The van der Waals surface area contributed by atoms with Crippen LogP contribution in [0.3, 0.4) is 0 Å². The summed E-state index contributed by atoms with van der Waals surface area (Å²) < 4.78 is 68.6. The van der Waals surface area contributed by atoms with E-state index >= 15 is 0 Å². The van der Waals surface area contributed by atoms with Crippen LogP contribution in [0.25, 0.3) is 0 Å². The number of esters is 4.